The molecule has 4 heteroatoms. The maximum atomic E-state index is 13.5. The average molecular weight is 423 g/mol. The molecule has 4 aliphatic rings. The third-order valence-corrected chi connectivity index (χ3v) is 7.67. The number of esters is 2. The minimum atomic E-state index is -0.679. The summed E-state index contributed by atoms with van der Waals surface area (Å²) in [5, 5.41) is 0. The molecule has 4 rings (SSSR count). The number of fused-ring (bicyclic) bond motifs is 2. The zero-order chi connectivity index (χ0) is 22.6. The lowest BCUT2D eigenvalue weighted by Crippen LogP contribution is -2.42. The van der Waals surface area contributed by atoms with E-state index in [1.54, 1.807) is 0 Å². The van der Waals surface area contributed by atoms with Gasteiger partial charge >= 0.3 is 11.9 Å². The lowest BCUT2D eigenvalue weighted by molar-refractivity contribution is -0.172. The van der Waals surface area contributed by atoms with Gasteiger partial charge in [-0.3, -0.25) is 9.59 Å². The molecule has 0 spiro atoms. The maximum Gasteiger partial charge on any atom is 0.311 e. The number of allylic oxidation sites excluding steroid dienone is 6. The lowest BCUT2D eigenvalue weighted by Gasteiger charge is -2.34. The van der Waals surface area contributed by atoms with Crippen molar-refractivity contribution in [1.82, 2.24) is 0 Å². The Morgan fingerprint density at radius 3 is 1.48 bits per heavy atom. The van der Waals surface area contributed by atoms with E-state index in [2.05, 4.69) is 38.2 Å². The number of carbonyl (C=O) groups is 2. The molecule has 4 nitrogen and oxygen atoms in total. The first-order valence-electron chi connectivity index (χ1n) is 11.3. The summed E-state index contributed by atoms with van der Waals surface area (Å²) < 4.78 is 12.1. The SMILES string of the molecule is CC1=CCC(C)(OC(=O)C2C(C(=O)OC3(C)C=CC(C)=CC3)C3C=CC2C3(C)C)C=C1. The molecule has 0 aromatic heterocycles. The van der Waals surface area contributed by atoms with E-state index in [4.69, 9.17) is 9.47 Å². The number of hydrogen-bond donors (Lipinski definition) is 0. The van der Waals surface area contributed by atoms with Crippen molar-refractivity contribution in [3.63, 3.8) is 0 Å². The zero-order valence-electron chi connectivity index (χ0n) is 19.5. The summed E-state index contributed by atoms with van der Waals surface area (Å²) in [5.74, 6) is -1.72. The van der Waals surface area contributed by atoms with E-state index >= 15 is 0 Å². The molecular weight excluding hydrogens is 388 g/mol. The Bertz CT molecular complexity index is 872. The molecule has 1 saturated carbocycles. The molecule has 2 bridgehead atoms. The first-order valence-corrected chi connectivity index (χ1v) is 11.3. The van der Waals surface area contributed by atoms with E-state index in [0.29, 0.717) is 12.8 Å². The summed E-state index contributed by atoms with van der Waals surface area (Å²) >= 11 is 0. The van der Waals surface area contributed by atoms with Gasteiger partial charge in [0, 0.05) is 12.8 Å². The van der Waals surface area contributed by atoms with Gasteiger partial charge in [-0.05, 0) is 57.1 Å². The van der Waals surface area contributed by atoms with Crippen LogP contribution in [0.15, 0.2) is 59.8 Å². The lowest BCUT2D eigenvalue weighted by atomic mass is 9.79. The van der Waals surface area contributed by atoms with Crippen LogP contribution >= 0.6 is 0 Å². The van der Waals surface area contributed by atoms with Crippen LogP contribution in [-0.2, 0) is 19.1 Å². The first-order chi connectivity index (χ1) is 14.4. The van der Waals surface area contributed by atoms with Gasteiger partial charge in [-0.25, -0.2) is 0 Å². The van der Waals surface area contributed by atoms with Crippen LogP contribution in [0.25, 0.3) is 0 Å². The third kappa shape index (κ3) is 3.86. The molecule has 1 fully saturated rings. The quantitative estimate of drug-likeness (QED) is 0.445. The molecule has 31 heavy (non-hydrogen) atoms. The van der Waals surface area contributed by atoms with Crippen LogP contribution in [0, 0.1) is 29.1 Å². The normalized spacial score (nSPS) is 39.8. The van der Waals surface area contributed by atoms with Crippen LogP contribution in [0.3, 0.4) is 0 Å². The Hall–Kier alpha value is -2.36. The average Bonchev–Trinajstić information content (AvgIpc) is 3.12. The first kappa shape index (κ1) is 21.9. The second kappa shape index (κ2) is 7.36. The van der Waals surface area contributed by atoms with Crippen LogP contribution in [0.5, 0.6) is 0 Å². The molecule has 0 aromatic rings. The van der Waals surface area contributed by atoms with Crippen molar-refractivity contribution in [1.29, 1.82) is 0 Å². The van der Waals surface area contributed by atoms with Crippen molar-refractivity contribution in [3.8, 4) is 0 Å². The molecule has 0 N–H and O–H groups in total. The zero-order valence-corrected chi connectivity index (χ0v) is 19.5. The van der Waals surface area contributed by atoms with Crippen LogP contribution in [0.4, 0.5) is 0 Å². The Balaban J connectivity index is 1.56. The molecule has 0 aliphatic heterocycles. The Kier molecular flexibility index (Phi) is 5.19. The summed E-state index contributed by atoms with van der Waals surface area (Å²) in [7, 11) is 0. The van der Waals surface area contributed by atoms with Crippen LogP contribution < -0.4 is 0 Å². The van der Waals surface area contributed by atoms with Gasteiger partial charge in [0.05, 0.1) is 11.8 Å². The summed E-state index contributed by atoms with van der Waals surface area (Å²) in [6, 6.07) is 0. The molecule has 6 atom stereocenters. The van der Waals surface area contributed by atoms with Crippen LogP contribution in [-0.4, -0.2) is 23.1 Å². The van der Waals surface area contributed by atoms with Crippen LogP contribution in [0.2, 0.25) is 0 Å². The maximum absolute atomic E-state index is 13.5. The second-order valence-electron chi connectivity index (χ2n) is 10.7. The Labute approximate surface area is 185 Å². The summed E-state index contributed by atoms with van der Waals surface area (Å²) in [5.41, 5.74) is 0.781. The highest BCUT2D eigenvalue weighted by atomic mass is 16.6. The van der Waals surface area contributed by atoms with E-state index in [0.717, 1.165) is 11.1 Å². The van der Waals surface area contributed by atoms with Gasteiger partial charge < -0.3 is 9.47 Å². The number of rotatable bonds is 4. The summed E-state index contributed by atoms with van der Waals surface area (Å²) in [6.45, 7) is 12.2. The fourth-order valence-electron chi connectivity index (χ4n) is 5.52. The molecular formula is C27H34O4. The molecule has 6 unspecified atom stereocenters. The fourth-order valence-corrected chi connectivity index (χ4v) is 5.52. The molecule has 0 aromatic carbocycles. The van der Waals surface area contributed by atoms with Crippen molar-refractivity contribution in [2.24, 2.45) is 29.1 Å². The van der Waals surface area contributed by atoms with Crippen molar-refractivity contribution < 1.29 is 19.1 Å². The molecule has 0 amide bonds. The molecule has 0 radical (unpaired) electrons. The smallest absolute Gasteiger partial charge is 0.311 e. The van der Waals surface area contributed by atoms with E-state index < -0.39 is 23.0 Å². The van der Waals surface area contributed by atoms with E-state index in [1.807, 2.05) is 52.0 Å². The highest BCUT2D eigenvalue weighted by Gasteiger charge is 2.63. The van der Waals surface area contributed by atoms with Gasteiger partial charge in [0.15, 0.2) is 0 Å². The van der Waals surface area contributed by atoms with Gasteiger partial charge in [-0.2, -0.15) is 0 Å². The highest BCUT2D eigenvalue weighted by molar-refractivity contribution is 5.85. The van der Waals surface area contributed by atoms with Gasteiger partial charge in [0.25, 0.3) is 0 Å². The van der Waals surface area contributed by atoms with Crippen molar-refractivity contribution in [3.05, 3.63) is 59.8 Å². The van der Waals surface area contributed by atoms with E-state index in [-0.39, 0.29) is 29.2 Å². The second-order valence-corrected chi connectivity index (χ2v) is 10.7. The molecule has 0 heterocycles. The van der Waals surface area contributed by atoms with Crippen molar-refractivity contribution >= 4 is 11.9 Å². The monoisotopic (exact) mass is 422 g/mol. The van der Waals surface area contributed by atoms with Gasteiger partial charge in [0.1, 0.15) is 11.2 Å². The largest absolute Gasteiger partial charge is 0.455 e. The van der Waals surface area contributed by atoms with Crippen molar-refractivity contribution in [2.75, 3.05) is 0 Å². The van der Waals surface area contributed by atoms with Gasteiger partial charge in [-0.1, -0.05) is 61.4 Å². The molecule has 4 aliphatic carbocycles. The fraction of sp³-hybridized carbons (Fsp3) is 0.556. The van der Waals surface area contributed by atoms with Crippen LogP contribution in [0.1, 0.15) is 54.4 Å². The molecule has 166 valence electrons. The minimum Gasteiger partial charge on any atom is -0.455 e. The third-order valence-electron chi connectivity index (χ3n) is 7.67. The van der Waals surface area contributed by atoms with Gasteiger partial charge in [0.2, 0.25) is 0 Å². The minimum absolute atomic E-state index is 0.0344. The number of hydrogen-bond acceptors (Lipinski definition) is 4. The Morgan fingerprint density at radius 1 is 0.774 bits per heavy atom. The number of ether oxygens (including phenoxy) is 2. The Morgan fingerprint density at radius 2 is 1.16 bits per heavy atom. The predicted octanol–water partition coefficient (Wildman–Crippen LogP) is 5.48. The number of carbonyl (C=O) groups excluding carboxylic acids is 2. The predicted molar refractivity (Wildman–Crippen MR) is 121 cm³/mol. The highest BCUT2D eigenvalue weighted by Crippen LogP contribution is 2.60. The topological polar surface area (TPSA) is 52.6 Å². The van der Waals surface area contributed by atoms with E-state index in [9.17, 15) is 9.59 Å². The standard InChI is InChI=1S/C27H34O4/c1-17-9-13-26(5,14-10-17)30-23(28)21-19-7-8-20(25(19,3)4)22(21)24(29)31-27(6)15-11-18(2)12-16-27/h7-13,15,19-22H,14,16H2,1-6H3. The van der Waals surface area contributed by atoms with Crippen molar-refractivity contribution in [2.45, 2.75) is 65.6 Å². The van der Waals surface area contributed by atoms with E-state index in [1.165, 1.54) is 0 Å². The summed E-state index contributed by atoms with van der Waals surface area (Å²) in [6.07, 6.45) is 17.5. The molecule has 0 saturated heterocycles. The summed E-state index contributed by atoms with van der Waals surface area (Å²) in [4.78, 5) is 26.9. The van der Waals surface area contributed by atoms with Gasteiger partial charge in [-0.15, -0.1) is 0 Å².